The van der Waals surface area contributed by atoms with Gasteiger partial charge in [-0.1, -0.05) is 36.1 Å². The van der Waals surface area contributed by atoms with Crippen LogP contribution in [0.25, 0.3) is 11.1 Å². The Bertz CT molecular complexity index is 833. The Balaban J connectivity index is 1.33. The van der Waals surface area contributed by atoms with E-state index in [0.717, 1.165) is 5.52 Å². The number of aromatic nitrogens is 1. The molecule has 27 heavy (non-hydrogen) atoms. The molecule has 0 unspecified atom stereocenters. The third kappa shape index (κ3) is 5.27. The summed E-state index contributed by atoms with van der Waals surface area (Å²) in [7, 11) is 0. The number of carbonyl (C=O) groups excluding carboxylic acids is 3. The van der Waals surface area contributed by atoms with E-state index in [2.05, 4.69) is 10.3 Å². The molecule has 2 amide bonds. The summed E-state index contributed by atoms with van der Waals surface area (Å²) in [6.45, 7) is 0.174. The van der Waals surface area contributed by atoms with E-state index in [1.165, 1.54) is 16.7 Å². The van der Waals surface area contributed by atoms with Gasteiger partial charge in [-0.25, -0.2) is 4.98 Å². The van der Waals surface area contributed by atoms with Crippen molar-refractivity contribution in [1.29, 1.82) is 0 Å². The van der Waals surface area contributed by atoms with E-state index in [9.17, 15) is 14.4 Å². The first kappa shape index (κ1) is 19.3. The second-order valence-electron chi connectivity index (χ2n) is 5.69. The van der Waals surface area contributed by atoms with E-state index in [-0.39, 0.29) is 25.5 Å². The van der Waals surface area contributed by atoms with Gasteiger partial charge in [-0.2, -0.15) is 0 Å². The Morgan fingerprint density at radius 2 is 2.19 bits per heavy atom. The van der Waals surface area contributed by atoms with Crippen LogP contribution in [0.2, 0.25) is 0 Å². The van der Waals surface area contributed by atoms with Gasteiger partial charge in [-0.3, -0.25) is 19.3 Å². The normalized spacial score (nSPS) is 14.0. The number of hydrogen-bond acceptors (Lipinski definition) is 8. The van der Waals surface area contributed by atoms with Gasteiger partial charge in [0.15, 0.2) is 18.1 Å². The number of thioether (sulfide) groups is 1. The van der Waals surface area contributed by atoms with Gasteiger partial charge >= 0.3 is 5.97 Å². The number of rotatable bonds is 8. The highest BCUT2D eigenvalue weighted by Crippen LogP contribution is 2.18. The summed E-state index contributed by atoms with van der Waals surface area (Å²) in [6.07, 6.45) is 0.356. The van der Waals surface area contributed by atoms with Crippen molar-refractivity contribution >= 4 is 57.2 Å². The lowest BCUT2D eigenvalue weighted by molar-refractivity contribution is -0.148. The number of para-hydroxylation sites is 2. The lowest BCUT2D eigenvalue weighted by Gasteiger charge is -2.15. The second kappa shape index (κ2) is 8.96. The van der Waals surface area contributed by atoms with E-state index < -0.39 is 11.9 Å². The third-order valence-corrected chi connectivity index (χ3v) is 5.18. The Morgan fingerprint density at radius 1 is 1.37 bits per heavy atom. The number of nitrogens with one attached hydrogen (secondary N) is 1. The first-order chi connectivity index (χ1) is 13.0. The molecule has 2 aromatic rings. The molecule has 2 heterocycles. The van der Waals surface area contributed by atoms with E-state index in [4.69, 9.17) is 21.4 Å². The van der Waals surface area contributed by atoms with Crippen molar-refractivity contribution in [3.8, 4) is 0 Å². The Kier molecular flexibility index (Phi) is 6.40. The smallest absolute Gasteiger partial charge is 0.306 e. The lowest BCUT2D eigenvalue weighted by atomic mass is 10.3. The van der Waals surface area contributed by atoms with Gasteiger partial charge in [0.05, 0.1) is 12.2 Å². The molecule has 1 aliphatic rings. The summed E-state index contributed by atoms with van der Waals surface area (Å²) in [5.74, 6) is -0.230. The molecule has 0 aliphatic carbocycles. The van der Waals surface area contributed by atoms with Crippen LogP contribution in [-0.2, 0) is 25.5 Å². The van der Waals surface area contributed by atoms with Crippen LogP contribution < -0.4 is 5.32 Å². The van der Waals surface area contributed by atoms with Crippen molar-refractivity contribution in [2.75, 3.05) is 25.4 Å². The van der Waals surface area contributed by atoms with Crippen molar-refractivity contribution < 1.29 is 23.5 Å². The zero-order valence-corrected chi connectivity index (χ0v) is 15.9. The number of nitrogens with zero attached hydrogens (tertiary/aromatic N) is 2. The summed E-state index contributed by atoms with van der Waals surface area (Å²) in [5, 5.41) is 2.59. The summed E-state index contributed by atoms with van der Waals surface area (Å²) < 4.78 is 11.0. The molecule has 1 fully saturated rings. The number of hydrogen-bond donors (Lipinski definition) is 1. The molecule has 8 nitrogen and oxygen atoms in total. The van der Waals surface area contributed by atoms with Crippen molar-refractivity contribution in [3.63, 3.8) is 0 Å². The van der Waals surface area contributed by atoms with Crippen molar-refractivity contribution in [2.45, 2.75) is 12.8 Å². The molecular formula is C17H17N3O5S2. The van der Waals surface area contributed by atoms with Crippen LogP contribution in [0.15, 0.2) is 28.7 Å². The SMILES string of the molecule is O=C(COC(=O)CCc1nc2ccccc2o1)NCCN1C(=O)CSC1=S. The summed E-state index contributed by atoms with van der Waals surface area (Å²) >= 11 is 6.35. The zero-order valence-electron chi connectivity index (χ0n) is 14.3. The molecule has 0 saturated carbocycles. The average Bonchev–Trinajstić information content (AvgIpc) is 3.22. The van der Waals surface area contributed by atoms with Crippen molar-refractivity contribution in [2.24, 2.45) is 0 Å². The van der Waals surface area contributed by atoms with E-state index in [0.29, 0.717) is 34.5 Å². The predicted octanol–water partition coefficient (Wildman–Crippen LogP) is 1.28. The van der Waals surface area contributed by atoms with Crippen LogP contribution in [-0.4, -0.2) is 57.4 Å². The summed E-state index contributed by atoms with van der Waals surface area (Å²) in [5.41, 5.74) is 1.39. The quantitative estimate of drug-likeness (QED) is 0.516. The Morgan fingerprint density at radius 3 is 2.93 bits per heavy atom. The van der Waals surface area contributed by atoms with Crippen molar-refractivity contribution in [3.05, 3.63) is 30.2 Å². The fourth-order valence-corrected chi connectivity index (χ4v) is 3.53. The maximum Gasteiger partial charge on any atom is 0.306 e. The number of amides is 2. The number of benzene rings is 1. The third-order valence-electron chi connectivity index (χ3n) is 3.74. The van der Waals surface area contributed by atoms with E-state index in [1.807, 2.05) is 18.2 Å². The Hall–Kier alpha value is -2.46. The molecule has 142 valence electrons. The monoisotopic (exact) mass is 407 g/mol. The molecule has 1 N–H and O–H groups in total. The zero-order chi connectivity index (χ0) is 19.2. The maximum atomic E-state index is 11.8. The summed E-state index contributed by atoms with van der Waals surface area (Å²) in [6, 6.07) is 7.32. The van der Waals surface area contributed by atoms with Crippen molar-refractivity contribution in [1.82, 2.24) is 15.2 Å². The van der Waals surface area contributed by atoms with Gasteiger partial charge in [0.1, 0.15) is 9.84 Å². The number of oxazole rings is 1. The van der Waals surface area contributed by atoms with Gasteiger partial charge in [0.25, 0.3) is 5.91 Å². The molecular weight excluding hydrogens is 390 g/mol. The van der Waals surface area contributed by atoms with Crippen LogP contribution >= 0.6 is 24.0 Å². The molecule has 1 aromatic heterocycles. The standard InChI is InChI=1S/C17H17N3O5S2/c21-13(18-7-8-20-15(22)10-27-17(20)26)9-24-16(23)6-5-14-19-11-3-1-2-4-12(11)25-14/h1-4H,5-10H2,(H,18,21). The van der Waals surface area contributed by atoms with E-state index >= 15 is 0 Å². The van der Waals surface area contributed by atoms with Crippen LogP contribution in [0, 0.1) is 0 Å². The topological polar surface area (TPSA) is 102 Å². The minimum Gasteiger partial charge on any atom is -0.456 e. The first-order valence-electron chi connectivity index (χ1n) is 8.27. The number of esters is 1. The highest BCUT2D eigenvalue weighted by atomic mass is 32.2. The minimum absolute atomic E-state index is 0.0634. The molecule has 10 heteroatoms. The highest BCUT2D eigenvalue weighted by Gasteiger charge is 2.25. The molecule has 0 atom stereocenters. The number of thiocarbonyl (C=S) groups is 1. The fraction of sp³-hybridized carbons (Fsp3) is 0.353. The Labute approximate surface area is 164 Å². The van der Waals surface area contributed by atoms with E-state index in [1.54, 1.807) is 6.07 Å². The molecule has 0 bridgehead atoms. The molecule has 3 rings (SSSR count). The lowest BCUT2D eigenvalue weighted by Crippen LogP contribution is -2.38. The van der Waals surface area contributed by atoms with Crippen LogP contribution in [0.3, 0.4) is 0 Å². The highest BCUT2D eigenvalue weighted by molar-refractivity contribution is 8.23. The molecule has 1 aliphatic heterocycles. The minimum atomic E-state index is -0.514. The number of fused-ring (bicyclic) bond motifs is 1. The van der Waals surface area contributed by atoms with Crippen LogP contribution in [0.5, 0.6) is 0 Å². The number of ether oxygens (including phenoxy) is 1. The van der Waals surface area contributed by atoms with Crippen LogP contribution in [0.1, 0.15) is 12.3 Å². The molecule has 1 aromatic carbocycles. The van der Waals surface area contributed by atoms with Crippen LogP contribution in [0.4, 0.5) is 0 Å². The molecule has 0 radical (unpaired) electrons. The van der Waals surface area contributed by atoms with Gasteiger partial charge < -0.3 is 14.5 Å². The average molecular weight is 407 g/mol. The fourth-order valence-electron chi connectivity index (χ4n) is 2.41. The second-order valence-corrected chi connectivity index (χ2v) is 7.30. The van der Waals surface area contributed by atoms with Gasteiger partial charge in [-0.05, 0) is 12.1 Å². The largest absolute Gasteiger partial charge is 0.456 e. The first-order valence-corrected chi connectivity index (χ1v) is 9.66. The maximum absolute atomic E-state index is 11.8. The number of aryl methyl sites for hydroxylation is 1. The molecule has 1 saturated heterocycles. The van der Waals surface area contributed by atoms with Gasteiger partial charge in [0.2, 0.25) is 5.91 Å². The number of carbonyl (C=O) groups is 3. The van der Waals surface area contributed by atoms with Gasteiger partial charge in [0, 0.05) is 19.5 Å². The summed E-state index contributed by atoms with van der Waals surface area (Å²) in [4.78, 5) is 40.7. The molecule has 0 spiro atoms. The van der Waals surface area contributed by atoms with Gasteiger partial charge in [-0.15, -0.1) is 0 Å². The predicted molar refractivity (Wildman–Crippen MR) is 103 cm³/mol.